The maximum atomic E-state index is 10.9. The van der Waals surface area contributed by atoms with Crippen LogP contribution >= 0.6 is 0 Å². The number of non-ortho nitro benzene ring substituents is 1. The number of anilines is 2. The largest absolute Gasteiger partial charge is 0.388 e. The van der Waals surface area contributed by atoms with E-state index in [9.17, 15) is 10.1 Å². The molecule has 106 valence electrons. The van der Waals surface area contributed by atoms with Crippen molar-refractivity contribution in [1.29, 1.82) is 0 Å². The molecule has 1 aromatic carbocycles. The van der Waals surface area contributed by atoms with Crippen molar-refractivity contribution in [1.82, 2.24) is 9.78 Å². The fraction of sp³-hybridized carbons (Fsp3) is 0.308. The summed E-state index contributed by atoms with van der Waals surface area (Å²) in [6.07, 6.45) is 3.60. The Balaban J connectivity index is 2.11. The third-order valence-corrected chi connectivity index (χ3v) is 2.85. The van der Waals surface area contributed by atoms with Crippen molar-refractivity contribution in [2.45, 2.75) is 19.5 Å². The van der Waals surface area contributed by atoms with Crippen molar-refractivity contribution in [2.24, 2.45) is 0 Å². The molecule has 1 heterocycles. The first-order chi connectivity index (χ1) is 9.58. The molecule has 20 heavy (non-hydrogen) atoms. The Hall–Kier alpha value is -2.57. The molecule has 2 aromatic rings. The molecule has 0 bridgehead atoms. The van der Waals surface area contributed by atoms with Gasteiger partial charge in [-0.1, -0.05) is 0 Å². The van der Waals surface area contributed by atoms with Crippen molar-refractivity contribution in [3.63, 3.8) is 0 Å². The molecule has 0 aliphatic rings. The molecule has 2 rings (SSSR count). The van der Waals surface area contributed by atoms with Crippen LogP contribution in [0, 0.1) is 10.1 Å². The minimum atomic E-state index is -0.399. The molecule has 2 N–H and O–H groups in total. The minimum Gasteiger partial charge on any atom is -0.388 e. The summed E-state index contributed by atoms with van der Waals surface area (Å²) in [4.78, 5) is 10.5. The summed E-state index contributed by atoms with van der Waals surface area (Å²) in [6, 6.07) is 6.83. The van der Waals surface area contributed by atoms with Gasteiger partial charge in [-0.2, -0.15) is 5.10 Å². The molecule has 0 fully saturated rings. The van der Waals surface area contributed by atoms with Gasteiger partial charge in [0.2, 0.25) is 0 Å². The van der Waals surface area contributed by atoms with Crippen LogP contribution in [0.3, 0.4) is 0 Å². The van der Waals surface area contributed by atoms with E-state index in [0.29, 0.717) is 17.9 Å². The third kappa shape index (κ3) is 3.47. The number of hydrogen-bond acceptors (Lipinski definition) is 5. The van der Waals surface area contributed by atoms with Gasteiger partial charge in [0.05, 0.1) is 11.5 Å². The first kappa shape index (κ1) is 13.9. The normalized spacial score (nSPS) is 11.9. The Kier molecular flexibility index (Phi) is 4.19. The molecule has 0 radical (unpaired) electrons. The molecule has 1 unspecified atom stereocenters. The highest BCUT2D eigenvalue weighted by atomic mass is 16.6. The lowest BCUT2D eigenvalue weighted by Gasteiger charge is -2.16. The van der Waals surface area contributed by atoms with Gasteiger partial charge in [-0.25, -0.2) is 0 Å². The molecule has 0 aliphatic heterocycles. The van der Waals surface area contributed by atoms with Crippen molar-refractivity contribution in [3.05, 3.63) is 46.8 Å². The Morgan fingerprint density at radius 2 is 2.15 bits per heavy atom. The Labute approximate surface area is 116 Å². The lowest BCUT2D eigenvalue weighted by Crippen LogP contribution is -2.22. The smallest absolute Gasteiger partial charge is 0.273 e. The first-order valence-corrected chi connectivity index (χ1v) is 6.29. The lowest BCUT2D eigenvalue weighted by molar-refractivity contribution is -0.384. The number of nitrogens with one attached hydrogen (secondary N) is 2. The highest BCUT2D eigenvalue weighted by Crippen LogP contribution is 2.24. The summed E-state index contributed by atoms with van der Waals surface area (Å²) >= 11 is 0. The number of rotatable bonds is 6. The molecule has 0 spiro atoms. The zero-order valence-electron chi connectivity index (χ0n) is 11.4. The van der Waals surface area contributed by atoms with E-state index in [-0.39, 0.29) is 11.7 Å². The molecular formula is C13H17N5O2. The Morgan fingerprint density at radius 3 is 2.75 bits per heavy atom. The molecule has 7 nitrogen and oxygen atoms in total. The van der Waals surface area contributed by atoms with Crippen LogP contribution in [0.1, 0.15) is 6.92 Å². The minimum absolute atomic E-state index is 0.0608. The molecule has 0 saturated carbocycles. The Morgan fingerprint density at radius 1 is 1.40 bits per heavy atom. The van der Waals surface area contributed by atoms with Crippen LogP contribution in [0.5, 0.6) is 0 Å². The molecule has 7 heteroatoms. The number of aromatic nitrogens is 2. The van der Waals surface area contributed by atoms with Gasteiger partial charge in [0, 0.05) is 49.0 Å². The SMILES string of the molecule is CNc1cc(NC(C)Cn2cccn2)cc([N+](=O)[O-])c1. The van der Waals surface area contributed by atoms with Gasteiger partial charge in [-0.15, -0.1) is 0 Å². The van der Waals surface area contributed by atoms with Crippen LogP contribution in [-0.4, -0.2) is 27.8 Å². The second kappa shape index (κ2) is 6.05. The van der Waals surface area contributed by atoms with E-state index in [2.05, 4.69) is 15.7 Å². The number of benzene rings is 1. The summed E-state index contributed by atoms with van der Waals surface area (Å²) < 4.78 is 1.81. The van der Waals surface area contributed by atoms with Crippen LogP contribution in [0.25, 0.3) is 0 Å². The van der Waals surface area contributed by atoms with E-state index in [1.807, 2.05) is 29.9 Å². The van der Waals surface area contributed by atoms with Crippen LogP contribution < -0.4 is 10.6 Å². The van der Waals surface area contributed by atoms with Crippen molar-refractivity contribution in [3.8, 4) is 0 Å². The zero-order chi connectivity index (χ0) is 14.5. The average Bonchev–Trinajstić information content (AvgIpc) is 2.90. The summed E-state index contributed by atoms with van der Waals surface area (Å²) in [5.74, 6) is 0. The van der Waals surface area contributed by atoms with E-state index in [1.54, 1.807) is 13.2 Å². The number of hydrogen-bond donors (Lipinski definition) is 2. The van der Waals surface area contributed by atoms with Crippen LogP contribution in [0.2, 0.25) is 0 Å². The topological polar surface area (TPSA) is 85.0 Å². The van der Waals surface area contributed by atoms with E-state index >= 15 is 0 Å². The fourth-order valence-electron chi connectivity index (χ4n) is 1.96. The van der Waals surface area contributed by atoms with Crippen molar-refractivity contribution >= 4 is 17.1 Å². The highest BCUT2D eigenvalue weighted by Gasteiger charge is 2.11. The molecule has 1 aromatic heterocycles. The monoisotopic (exact) mass is 275 g/mol. The van der Waals surface area contributed by atoms with E-state index in [0.717, 1.165) is 0 Å². The summed E-state index contributed by atoms with van der Waals surface area (Å²) in [7, 11) is 1.73. The maximum Gasteiger partial charge on any atom is 0.273 e. The van der Waals surface area contributed by atoms with E-state index in [4.69, 9.17) is 0 Å². The molecule has 1 atom stereocenters. The summed E-state index contributed by atoms with van der Waals surface area (Å²) in [6.45, 7) is 2.68. The predicted molar refractivity (Wildman–Crippen MR) is 78.0 cm³/mol. The Bertz CT molecular complexity index is 582. The third-order valence-electron chi connectivity index (χ3n) is 2.85. The molecule has 0 amide bonds. The van der Waals surface area contributed by atoms with Gasteiger partial charge in [0.1, 0.15) is 0 Å². The standard InChI is InChI=1S/C13H17N5O2/c1-10(9-17-5-3-4-15-17)16-12-6-11(14-2)7-13(8-12)18(19)20/h3-8,10,14,16H,9H2,1-2H3. The number of nitrogens with zero attached hydrogens (tertiary/aromatic N) is 3. The second-order valence-electron chi connectivity index (χ2n) is 4.55. The molecular weight excluding hydrogens is 258 g/mol. The fourth-order valence-corrected chi connectivity index (χ4v) is 1.96. The molecule has 0 aliphatic carbocycles. The van der Waals surface area contributed by atoms with Gasteiger partial charge < -0.3 is 10.6 Å². The first-order valence-electron chi connectivity index (χ1n) is 6.29. The number of nitro benzene ring substituents is 1. The van der Waals surface area contributed by atoms with E-state index in [1.165, 1.54) is 12.1 Å². The van der Waals surface area contributed by atoms with Gasteiger partial charge in [-0.05, 0) is 19.1 Å². The summed E-state index contributed by atoms with van der Waals surface area (Å²) in [5.41, 5.74) is 1.47. The van der Waals surface area contributed by atoms with Gasteiger partial charge >= 0.3 is 0 Å². The van der Waals surface area contributed by atoms with Crippen LogP contribution in [0.15, 0.2) is 36.7 Å². The van der Waals surface area contributed by atoms with Gasteiger partial charge in [-0.3, -0.25) is 14.8 Å². The quantitative estimate of drug-likeness (QED) is 0.624. The lowest BCUT2D eigenvalue weighted by atomic mass is 10.2. The zero-order valence-corrected chi connectivity index (χ0v) is 11.4. The maximum absolute atomic E-state index is 10.9. The van der Waals surface area contributed by atoms with Gasteiger partial charge in [0.25, 0.3) is 5.69 Å². The van der Waals surface area contributed by atoms with Crippen LogP contribution in [0.4, 0.5) is 17.1 Å². The number of nitro groups is 1. The van der Waals surface area contributed by atoms with Crippen molar-refractivity contribution in [2.75, 3.05) is 17.7 Å². The average molecular weight is 275 g/mol. The molecule has 0 saturated heterocycles. The van der Waals surface area contributed by atoms with Crippen LogP contribution in [-0.2, 0) is 6.54 Å². The highest BCUT2D eigenvalue weighted by molar-refractivity contribution is 5.63. The second-order valence-corrected chi connectivity index (χ2v) is 4.55. The summed E-state index contributed by atoms with van der Waals surface area (Å²) in [5, 5.41) is 21.2. The van der Waals surface area contributed by atoms with E-state index < -0.39 is 4.92 Å². The van der Waals surface area contributed by atoms with Gasteiger partial charge in [0.15, 0.2) is 0 Å². The predicted octanol–water partition coefficient (Wildman–Crippen LogP) is 2.33. The van der Waals surface area contributed by atoms with Crippen molar-refractivity contribution < 1.29 is 4.92 Å².